The Hall–Kier alpha value is -0.0400. The third kappa shape index (κ3) is 1.41. The molecule has 0 spiro atoms. The molecule has 4 saturated carbocycles. The normalized spacial score (nSPS) is 58.1. The van der Waals surface area contributed by atoms with E-state index in [9.17, 15) is 5.11 Å². The largest absolute Gasteiger partial charge is 0.389 e. The molecule has 0 amide bonds. The smallest absolute Gasteiger partial charge is 0.0757 e. The molecule has 0 aromatic rings. The summed E-state index contributed by atoms with van der Waals surface area (Å²) in [6, 6.07) is 0. The minimum atomic E-state index is -0.391. The Labute approximate surface area is 118 Å². The highest BCUT2D eigenvalue weighted by Gasteiger charge is 2.68. The third-order valence-corrected chi connectivity index (χ3v) is 8.27. The average Bonchev–Trinajstić information content (AvgIpc) is 3.04. The summed E-state index contributed by atoms with van der Waals surface area (Å²) in [7, 11) is 0. The first-order valence-electron chi connectivity index (χ1n) is 8.58. The van der Waals surface area contributed by atoms with E-state index in [-0.39, 0.29) is 10.8 Å². The van der Waals surface area contributed by atoms with Crippen LogP contribution in [0.3, 0.4) is 0 Å². The van der Waals surface area contributed by atoms with Crippen LogP contribution in [0.4, 0.5) is 0 Å². The molecule has 0 saturated heterocycles. The van der Waals surface area contributed by atoms with E-state index in [4.69, 9.17) is 0 Å². The van der Waals surface area contributed by atoms with Gasteiger partial charge in [0.15, 0.2) is 0 Å². The van der Waals surface area contributed by atoms with Crippen molar-refractivity contribution in [1.29, 1.82) is 0 Å². The van der Waals surface area contributed by atoms with Gasteiger partial charge in [-0.1, -0.05) is 27.2 Å². The monoisotopic (exact) mass is 262 g/mol. The summed E-state index contributed by atoms with van der Waals surface area (Å²) in [4.78, 5) is 0. The number of hydrogen-bond donors (Lipinski definition) is 1. The molecule has 0 aromatic carbocycles. The highest BCUT2D eigenvalue weighted by atomic mass is 16.3. The van der Waals surface area contributed by atoms with Crippen molar-refractivity contribution in [3.63, 3.8) is 0 Å². The van der Waals surface area contributed by atoms with Gasteiger partial charge in [0.05, 0.1) is 5.60 Å². The lowest BCUT2D eigenvalue weighted by Gasteiger charge is -2.52. The SMILES string of the molecule is CC12CCC(C1)C(C)(C)C2(O)CC1CC2CCC1C2. The summed E-state index contributed by atoms with van der Waals surface area (Å²) in [5.74, 6) is 3.56. The van der Waals surface area contributed by atoms with Gasteiger partial charge in [-0.2, -0.15) is 0 Å². The third-order valence-electron chi connectivity index (χ3n) is 8.27. The summed E-state index contributed by atoms with van der Waals surface area (Å²) >= 11 is 0. The van der Waals surface area contributed by atoms with Crippen LogP contribution in [0.15, 0.2) is 0 Å². The average molecular weight is 262 g/mol. The van der Waals surface area contributed by atoms with Gasteiger partial charge in [0.25, 0.3) is 0 Å². The standard InChI is InChI=1S/C18H30O/c1-16(2)15-6-7-17(3,11-15)18(16,19)10-14-9-12-4-5-13(14)8-12/h12-15,19H,4-11H2,1-3H3. The van der Waals surface area contributed by atoms with Crippen LogP contribution in [0.1, 0.15) is 72.1 Å². The second kappa shape index (κ2) is 3.59. The molecule has 0 aromatic heterocycles. The molecular weight excluding hydrogens is 232 g/mol. The zero-order valence-electron chi connectivity index (χ0n) is 12.9. The number of fused-ring (bicyclic) bond motifs is 4. The quantitative estimate of drug-likeness (QED) is 0.782. The van der Waals surface area contributed by atoms with Gasteiger partial charge < -0.3 is 5.11 Å². The van der Waals surface area contributed by atoms with Gasteiger partial charge in [-0.05, 0) is 79.4 Å². The first-order valence-corrected chi connectivity index (χ1v) is 8.58. The number of hydrogen-bond acceptors (Lipinski definition) is 1. The van der Waals surface area contributed by atoms with E-state index in [2.05, 4.69) is 20.8 Å². The van der Waals surface area contributed by atoms with E-state index in [0.717, 1.165) is 30.1 Å². The van der Waals surface area contributed by atoms with Gasteiger partial charge in [-0.25, -0.2) is 0 Å². The van der Waals surface area contributed by atoms with Crippen LogP contribution in [-0.4, -0.2) is 10.7 Å². The lowest BCUT2D eigenvalue weighted by atomic mass is 9.57. The van der Waals surface area contributed by atoms with Crippen molar-refractivity contribution in [2.75, 3.05) is 0 Å². The first kappa shape index (κ1) is 12.7. The summed E-state index contributed by atoms with van der Waals surface area (Å²) in [5, 5.41) is 11.7. The van der Waals surface area contributed by atoms with Gasteiger partial charge in [0, 0.05) is 0 Å². The lowest BCUT2D eigenvalue weighted by Crippen LogP contribution is -2.55. The molecule has 4 bridgehead atoms. The Balaban J connectivity index is 1.62. The minimum Gasteiger partial charge on any atom is -0.389 e. The molecule has 108 valence electrons. The fraction of sp³-hybridized carbons (Fsp3) is 1.00. The van der Waals surface area contributed by atoms with Crippen LogP contribution in [0, 0.1) is 34.5 Å². The van der Waals surface area contributed by atoms with Crippen LogP contribution in [0.2, 0.25) is 0 Å². The van der Waals surface area contributed by atoms with E-state index in [1.807, 2.05) is 0 Å². The summed E-state index contributed by atoms with van der Waals surface area (Å²) < 4.78 is 0. The van der Waals surface area contributed by atoms with Crippen molar-refractivity contribution < 1.29 is 5.11 Å². The second-order valence-electron chi connectivity index (χ2n) is 9.22. The molecule has 4 aliphatic rings. The van der Waals surface area contributed by atoms with Gasteiger partial charge >= 0.3 is 0 Å². The Bertz CT molecular complexity index is 394. The van der Waals surface area contributed by atoms with E-state index in [1.165, 1.54) is 44.9 Å². The highest BCUT2D eigenvalue weighted by molar-refractivity contribution is 5.18. The Morgan fingerprint density at radius 3 is 2.37 bits per heavy atom. The van der Waals surface area contributed by atoms with Crippen molar-refractivity contribution >= 4 is 0 Å². The van der Waals surface area contributed by atoms with Crippen molar-refractivity contribution in [1.82, 2.24) is 0 Å². The van der Waals surface area contributed by atoms with Crippen molar-refractivity contribution in [3.8, 4) is 0 Å². The summed E-state index contributed by atoms with van der Waals surface area (Å²) in [6.07, 6.45) is 10.8. The van der Waals surface area contributed by atoms with E-state index < -0.39 is 5.60 Å². The van der Waals surface area contributed by atoms with Crippen molar-refractivity contribution in [2.24, 2.45) is 34.5 Å². The lowest BCUT2D eigenvalue weighted by molar-refractivity contribution is -0.158. The van der Waals surface area contributed by atoms with Gasteiger partial charge in [0.1, 0.15) is 0 Å². The first-order chi connectivity index (χ1) is 8.86. The Morgan fingerprint density at radius 2 is 1.84 bits per heavy atom. The van der Waals surface area contributed by atoms with Crippen molar-refractivity contribution in [2.45, 2.75) is 77.7 Å². The second-order valence-corrected chi connectivity index (χ2v) is 9.22. The molecule has 1 N–H and O–H groups in total. The van der Waals surface area contributed by atoms with E-state index in [1.54, 1.807) is 0 Å². The van der Waals surface area contributed by atoms with Crippen molar-refractivity contribution in [3.05, 3.63) is 0 Å². The van der Waals surface area contributed by atoms with Crippen LogP contribution in [0.5, 0.6) is 0 Å². The molecule has 0 heterocycles. The van der Waals surface area contributed by atoms with E-state index >= 15 is 0 Å². The minimum absolute atomic E-state index is 0.141. The fourth-order valence-electron chi connectivity index (χ4n) is 6.86. The fourth-order valence-corrected chi connectivity index (χ4v) is 6.86. The molecule has 0 aliphatic heterocycles. The molecule has 1 heteroatoms. The van der Waals surface area contributed by atoms with E-state index in [0.29, 0.717) is 0 Å². The van der Waals surface area contributed by atoms with Crippen LogP contribution in [0.25, 0.3) is 0 Å². The molecule has 0 radical (unpaired) electrons. The zero-order chi connectivity index (χ0) is 13.5. The molecule has 4 fully saturated rings. The molecular formula is C18H30O. The predicted molar refractivity (Wildman–Crippen MR) is 77.7 cm³/mol. The van der Waals surface area contributed by atoms with Gasteiger partial charge in [0.2, 0.25) is 0 Å². The maximum atomic E-state index is 11.7. The Morgan fingerprint density at radius 1 is 1.05 bits per heavy atom. The van der Waals surface area contributed by atoms with Gasteiger partial charge in [-0.15, -0.1) is 0 Å². The highest BCUT2D eigenvalue weighted by Crippen LogP contribution is 2.70. The van der Waals surface area contributed by atoms with Gasteiger partial charge in [-0.3, -0.25) is 0 Å². The maximum Gasteiger partial charge on any atom is 0.0757 e. The maximum absolute atomic E-state index is 11.7. The molecule has 6 unspecified atom stereocenters. The summed E-state index contributed by atoms with van der Waals surface area (Å²) in [5.41, 5.74) is -0.0388. The zero-order valence-corrected chi connectivity index (χ0v) is 12.9. The summed E-state index contributed by atoms with van der Waals surface area (Å²) in [6.45, 7) is 7.10. The van der Waals surface area contributed by atoms with Crippen LogP contribution < -0.4 is 0 Å². The number of aliphatic hydroxyl groups is 1. The molecule has 4 rings (SSSR count). The molecule has 1 nitrogen and oxygen atoms in total. The van der Waals surface area contributed by atoms with Crippen LogP contribution >= 0.6 is 0 Å². The van der Waals surface area contributed by atoms with Crippen LogP contribution in [-0.2, 0) is 0 Å². The predicted octanol–water partition coefficient (Wildman–Crippen LogP) is 4.39. The molecule has 6 atom stereocenters. The molecule has 19 heavy (non-hydrogen) atoms. The number of rotatable bonds is 2. The Kier molecular flexibility index (Phi) is 2.39. The molecule has 4 aliphatic carbocycles. The topological polar surface area (TPSA) is 20.2 Å².